The summed E-state index contributed by atoms with van der Waals surface area (Å²) < 4.78 is 4.92. The van der Waals surface area contributed by atoms with Crippen LogP contribution in [0.5, 0.6) is 0 Å². The number of rotatable bonds is 1. The summed E-state index contributed by atoms with van der Waals surface area (Å²) in [4.78, 5) is 13.8. The van der Waals surface area contributed by atoms with Crippen molar-refractivity contribution in [3.8, 4) is 0 Å². The predicted octanol–water partition coefficient (Wildman–Crippen LogP) is 2.66. The van der Waals surface area contributed by atoms with E-state index in [1.54, 1.807) is 6.07 Å². The minimum Gasteiger partial charge on any atom is -0.452 e. The monoisotopic (exact) mass is 227 g/mol. The summed E-state index contributed by atoms with van der Waals surface area (Å²) in [5, 5.41) is 0.187. The summed E-state index contributed by atoms with van der Waals surface area (Å²) in [5.74, 6) is 1.09. The van der Waals surface area contributed by atoms with Crippen LogP contribution in [0.3, 0.4) is 0 Å². The molecule has 0 aliphatic carbocycles. The molecule has 4 heteroatoms. The Kier molecular flexibility index (Phi) is 2.74. The maximum Gasteiger partial charge on any atom is 0.258 e. The first-order valence-electron chi connectivity index (χ1n) is 5.12. The quantitative estimate of drug-likeness (QED) is 0.739. The van der Waals surface area contributed by atoms with E-state index < -0.39 is 0 Å². The number of likely N-dealkylation sites (tertiary alicyclic amines) is 1. The lowest BCUT2D eigenvalue weighted by molar-refractivity contribution is 0.0784. The van der Waals surface area contributed by atoms with Gasteiger partial charge in [0.1, 0.15) is 0 Å². The van der Waals surface area contributed by atoms with Gasteiger partial charge in [-0.1, -0.05) is 13.8 Å². The molecular formula is C11H14ClNO2. The number of nitrogens with zero attached hydrogens (tertiary/aromatic N) is 1. The minimum atomic E-state index is -0.0232. The maximum absolute atomic E-state index is 12.0. The van der Waals surface area contributed by atoms with Gasteiger partial charge in [0.25, 0.3) is 5.91 Å². The first kappa shape index (κ1) is 10.6. The van der Waals surface area contributed by atoms with Crippen molar-refractivity contribution in [3.63, 3.8) is 0 Å². The molecule has 0 saturated carbocycles. The number of furan rings is 1. The Labute approximate surface area is 94.0 Å². The van der Waals surface area contributed by atoms with Crippen LogP contribution in [0, 0.1) is 11.8 Å². The molecule has 3 nitrogen and oxygen atoms in total. The molecule has 0 aromatic carbocycles. The summed E-state index contributed by atoms with van der Waals surface area (Å²) in [5.41, 5.74) is 0.470. The van der Waals surface area contributed by atoms with E-state index in [4.69, 9.17) is 16.0 Å². The fraction of sp³-hybridized carbons (Fsp3) is 0.545. The van der Waals surface area contributed by atoms with Crippen LogP contribution in [0.25, 0.3) is 0 Å². The number of carbonyl (C=O) groups excluding carboxylic acids is 1. The van der Waals surface area contributed by atoms with Crippen molar-refractivity contribution >= 4 is 17.5 Å². The molecule has 82 valence electrons. The average Bonchev–Trinajstić information content (AvgIpc) is 2.74. The van der Waals surface area contributed by atoms with Crippen molar-refractivity contribution in [2.75, 3.05) is 13.1 Å². The first-order chi connectivity index (χ1) is 7.09. The zero-order chi connectivity index (χ0) is 11.0. The molecular weight excluding hydrogens is 214 g/mol. The SMILES string of the molecule is CC1CN(C(=O)c2ccoc2Cl)CC1C. The second-order valence-corrected chi connectivity index (χ2v) is 4.62. The van der Waals surface area contributed by atoms with Gasteiger partial charge >= 0.3 is 0 Å². The third kappa shape index (κ3) is 1.88. The van der Waals surface area contributed by atoms with Crippen LogP contribution in [0.2, 0.25) is 5.22 Å². The molecule has 1 saturated heterocycles. The molecule has 1 aromatic heterocycles. The second kappa shape index (κ2) is 3.89. The van der Waals surface area contributed by atoms with Gasteiger partial charge in [-0.15, -0.1) is 0 Å². The first-order valence-corrected chi connectivity index (χ1v) is 5.49. The lowest BCUT2D eigenvalue weighted by atomic mass is 10.0. The molecule has 1 amide bonds. The Morgan fingerprint density at radius 1 is 1.47 bits per heavy atom. The van der Waals surface area contributed by atoms with E-state index in [2.05, 4.69) is 13.8 Å². The predicted molar refractivity (Wildman–Crippen MR) is 57.9 cm³/mol. The number of hydrogen-bond acceptors (Lipinski definition) is 2. The minimum absolute atomic E-state index is 0.0232. The molecule has 0 spiro atoms. The molecule has 1 aliphatic rings. The summed E-state index contributed by atoms with van der Waals surface area (Å²) in [7, 11) is 0. The standard InChI is InChI=1S/C11H14ClNO2/c1-7-5-13(6-8(7)2)11(14)9-3-4-15-10(9)12/h3-4,7-8H,5-6H2,1-2H3. The van der Waals surface area contributed by atoms with Crippen LogP contribution in [0.4, 0.5) is 0 Å². The van der Waals surface area contributed by atoms with Crippen LogP contribution in [-0.4, -0.2) is 23.9 Å². The van der Waals surface area contributed by atoms with Crippen LogP contribution < -0.4 is 0 Å². The third-order valence-electron chi connectivity index (χ3n) is 3.12. The summed E-state index contributed by atoms with van der Waals surface area (Å²) >= 11 is 5.77. The van der Waals surface area contributed by atoms with Crippen LogP contribution >= 0.6 is 11.6 Å². The molecule has 0 bridgehead atoms. The van der Waals surface area contributed by atoms with Gasteiger partial charge in [-0.25, -0.2) is 0 Å². The molecule has 1 aromatic rings. The van der Waals surface area contributed by atoms with Crippen molar-refractivity contribution in [1.29, 1.82) is 0 Å². The lowest BCUT2D eigenvalue weighted by Crippen LogP contribution is -2.28. The Morgan fingerprint density at radius 3 is 2.53 bits per heavy atom. The highest BCUT2D eigenvalue weighted by atomic mass is 35.5. The van der Waals surface area contributed by atoms with Gasteiger partial charge in [0.15, 0.2) is 0 Å². The van der Waals surface area contributed by atoms with E-state index >= 15 is 0 Å². The Bertz CT molecular complexity index is 364. The van der Waals surface area contributed by atoms with Crippen molar-refractivity contribution < 1.29 is 9.21 Å². The van der Waals surface area contributed by atoms with Crippen LogP contribution in [0.1, 0.15) is 24.2 Å². The van der Waals surface area contributed by atoms with E-state index in [0.717, 1.165) is 13.1 Å². The number of halogens is 1. The number of hydrogen-bond donors (Lipinski definition) is 0. The van der Waals surface area contributed by atoms with Crippen molar-refractivity contribution in [2.45, 2.75) is 13.8 Å². The highest BCUT2D eigenvalue weighted by molar-refractivity contribution is 6.32. The summed E-state index contributed by atoms with van der Waals surface area (Å²) in [6.07, 6.45) is 1.44. The molecule has 2 rings (SSSR count). The smallest absolute Gasteiger partial charge is 0.258 e. The van der Waals surface area contributed by atoms with E-state index in [0.29, 0.717) is 17.4 Å². The lowest BCUT2D eigenvalue weighted by Gasteiger charge is -2.14. The zero-order valence-corrected chi connectivity index (χ0v) is 9.62. The summed E-state index contributed by atoms with van der Waals surface area (Å²) in [6.45, 7) is 5.94. The normalized spacial score (nSPS) is 25.9. The van der Waals surface area contributed by atoms with Gasteiger partial charge in [0.2, 0.25) is 5.22 Å². The molecule has 2 unspecified atom stereocenters. The van der Waals surface area contributed by atoms with E-state index in [1.165, 1.54) is 6.26 Å². The molecule has 0 N–H and O–H groups in total. The molecule has 2 heterocycles. The van der Waals surface area contributed by atoms with E-state index in [-0.39, 0.29) is 11.1 Å². The van der Waals surface area contributed by atoms with Gasteiger partial charge < -0.3 is 9.32 Å². The van der Waals surface area contributed by atoms with E-state index in [9.17, 15) is 4.79 Å². The fourth-order valence-corrected chi connectivity index (χ4v) is 2.11. The van der Waals surface area contributed by atoms with Crippen molar-refractivity contribution in [2.24, 2.45) is 11.8 Å². The molecule has 1 fully saturated rings. The van der Waals surface area contributed by atoms with Crippen molar-refractivity contribution in [3.05, 3.63) is 23.1 Å². The second-order valence-electron chi connectivity index (χ2n) is 4.27. The van der Waals surface area contributed by atoms with Gasteiger partial charge in [-0.05, 0) is 29.5 Å². The molecule has 15 heavy (non-hydrogen) atoms. The molecule has 1 aliphatic heterocycles. The Morgan fingerprint density at radius 2 is 2.07 bits per heavy atom. The van der Waals surface area contributed by atoms with Crippen molar-refractivity contribution in [1.82, 2.24) is 4.90 Å². The summed E-state index contributed by atoms with van der Waals surface area (Å²) in [6, 6.07) is 1.62. The Balaban J connectivity index is 2.13. The van der Waals surface area contributed by atoms with Gasteiger partial charge in [0.05, 0.1) is 11.8 Å². The molecule has 2 atom stereocenters. The number of carbonyl (C=O) groups is 1. The zero-order valence-electron chi connectivity index (χ0n) is 8.87. The van der Waals surface area contributed by atoms with E-state index in [1.807, 2.05) is 4.90 Å². The number of amides is 1. The molecule has 0 radical (unpaired) electrons. The van der Waals surface area contributed by atoms with Crippen LogP contribution in [0.15, 0.2) is 16.7 Å². The average molecular weight is 228 g/mol. The van der Waals surface area contributed by atoms with Crippen LogP contribution in [-0.2, 0) is 0 Å². The van der Waals surface area contributed by atoms with Gasteiger partial charge in [-0.3, -0.25) is 4.79 Å². The largest absolute Gasteiger partial charge is 0.452 e. The highest BCUT2D eigenvalue weighted by Gasteiger charge is 2.31. The van der Waals surface area contributed by atoms with Gasteiger partial charge in [-0.2, -0.15) is 0 Å². The Hall–Kier alpha value is -0.960. The third-order valence-corrected chi connectivity index (χ3v) is 3.42. The fourth-order valence-electron chi connectivity index (χ4n) is 1.91. The highest BCUT2D eigenvalue weighted by Crippen LogP contribution is 2.26. The maximum atomic E-state index is 12.0. The topological polar surface area (TPSA) is 33.5 Å². The van der Waals surface area contributed by atoms with Gasteiger partial charge in [0, 0.05) is 13.1 Å².